The second-order valence-corrected chi connectivity index (χ2v) is 4.65. The molecule has 7 nitrogen and oxygen atoms in total. The monoisotopic (exact) mass is 280 g/mol. The Morgan fingerprint density at radius 3 is 2.70 bits per heavy atom. The predicted molar refractivity (Wildman–Crippen MR) is 70.5 cm³/mol. The van der Waals surface area contributed by atoms with E-state index in [-0.39, 0.29) is 24.2 Å². The van der Waals surface area contributed by atoms with Gasteiger partial charge in [0.2, 0.25) is 0 Å². The first-order valence-electron chi connectivity index (χ1n) is 6.09. The highest BCUT2D eigenvalue weighted by Crippen LogP contribution is 2.25. The summed E-state index contributed by atoms with van der Waals surface area (Å²) in [5.41, 5.74) is 6.19. The molecule has 1 aliphatic heterocycles. The van der Waals surface area contributed by atoms with E-state index in [9.17, 15) is 14.7 Å². The number of nitrogens with zero attached hydrogens (tertiary/aromatic N) is 1. The number of carboxylic acid groups (broad SMARTS) is 1. The zero-order chi connectivity index (χ0) is 14.9. The standard InChI is InChI=1S/C13H16N2O5/c1-20-8-2-3-9(10(14)5-8)12(17)15-6-7(16)4-11(15)13(18)19/h2-3,5,7,11,16H,4,6,14H2,1H3,(H,18,19)/t7-,11-/m0/s1. The summed E-state index contributed by atoms with van der Waals surface area (Å²) in [6, 6.07) is 3.53. The maximum atomic E-state index is 12.4. The van der Waals surface area contributed by atoms with Crippen LogP contribution >= 0.6 is 0 Å². The van der Waals surface area contributed by atoms with E-state index in [0.29, 0.717) is 5.75 Å². The van der Waals surface area contributed by atoms with Crippen LogP contribution in [-0.4, -0.2) is 52.8 Å². The molecule has 1 aliphatic rings. The lowest BCUT2D eigenvalue weighted by atomic mass is 10.1. The fourth-order valence-corrected chi connectivity index (χ4v) is 2.29. The van der Waals surface area contributed by atoms with Crippen molar-refractivity contribution >= 4 is 17.6 Å². The van der Waals surface area contributed by atoms with E-state index in [2.05, 4.69) is 0 Å². The molecule has 0 radical (unpaired) electrons. The molecule has 0 saturated carbocycles. The van der Waals surface area contributed by atoms with Crippen LogP contribution in [0.2, 0.25) is 0 Å². The van der Waals surface area contributed by atoms with E-state index in [1.165, 1.54) is 19.2 Å². The van der Waals surface area contributed by atoms with Crippen LogP contribution in [0.15, 0.2) is 18.2 Å². The van der Waals surface area contributed by atoms with Crippen molar-refractivity contribution in [2.24, 2.45) is 0 Å². The number of benzene rings is 1. The summed E-state index contributed by atoms with van der Waals surface area (Å²) in [7, 11) is 1.48. The molecule has 1 aromatic rings. The van der Waals surface area contributed by atoms with Gasteiger partial charge in [-0.25, -0.2) is 4.79 Å². The van der Waals surface area contributed by atoms with Gasteiger partial charge in [0.25, 0.3) is 5.91 Å². The SMILES string of the molecule is COc1ccc(C(=O)N2C[C@@H](O)C[C@H]2C(=O)O)c(N)c1. The van der Waals surface area contributed by atoms with Gasteiger partial charge in [-0.15, -0.1) is 0 Å². The molecule has 7 heteroatoms. The van der Waals surface area contributed by atoms with Gasteiger partial charge in [-0.3, -0.25) is 4.79 Å². The minimum Gasteiger partial charge on any atom is -0.497 e. The van der Waals surface area contributed by atoms with Crippen LogP contribution in [0, 0.1) is 0 Å². The average molecular weight is 280 g/mol. The van der Waals surface area contributed by atoms with Gasteiger partial charge in [0.05, 0.1) is 18.8 Å². The maximum Gasteiger partial charge on any atom is 0.326 e. The molecule has 0 bridgehead atoms. The van der Waals surface area contributed by atoms with Crippen LogP contribution in [0.1, 0.15) is 16.8 Å². The third-order valence-corrected chi connectivity index (χ3v) is 3.31. The molecule has 1 fully saturated rings. The van der Waals surface area contributed by atoms with Crippen molar-refractivity contribution in [3.8, 4) is 5.75 Å². The number of anilines is 1. The Morgan fingerprint density at radius 2 is 2.15 bits per heavy atom. The normalized spacial score (nSPS) is 21.8. The van der Waals surface area contributed by atoms with Crippen LogP contribution < -0.4 is 10.5 Å². The number of amides is 1. The number of hydrogen-bond donors (Lipinski definition) is 3. The fourth-order valence-electron chi connectivity index (χ4n) is 2.29. The number of methoxy groups -OCH3 is 1. The molecule has 1 aromatic carbocycles. The highest BCUT2D eigenvalue weighted by molar-refractivity contribution is 6.01. The Labute approximate surface area is 115 Å². The molecule has 1 amide bonds. The number of carbonyl (C=O) groups excluding carboxylic acids is 1. The lowest BCUT2D eigenvalue weighted by Gasteiger charge is -2.22. The summed E-state index contributed by atoms with van der Waals surface area (Å²) in [4.78, 5) is 24.6. The van der Waals surface area contributed by atoms with E-state index >= 15 is 0 Å². The second kappa shape index (κ2) is 5.38. The molecule has 1 heterocycles. The number of nitrogen functional groups attached to an aromatic ring is 1. The lowest BCUT2D eigenvalue weighted by molar-refractivity contribution is -0.141. The summed E-state index contributed by atoms with van der Waals surface area (Å²) in [5, 5.41) is 18.7. The van der Waals surface area contributed by atoms with Crippen LogP contribution in [0.4, 0.5) is 5.69 Å². The summed E-state index contributed by atoms with van der Waals surface area (Å²) in [5.74, 6) is -1.13. The molecule has 0 aliphatic carbocycles. The zero-order valence-electron chi connectivity index (χ0n) is 10.9. The molecule has 2 rings (SSSR count). The van der Waals surface area contributed by atoms with Gasteiger partial charge < -0.3 is 25.6 Å². The molecule has 20 heavy (non-hydrogen) atoms. The van der Waals surface area contributed by atoms with Crippen LogP contribution in [-0.2, 0) is 4.79 Å². The third kappa shape index (κ3) is 2.53. The van der Waals surface area contributed by atoms with E-state index < -0.39 is 24.0 Å². The van der Waals surface area contributed by atoms with Crippen molar-refractivity contribution < 1.29 is 24.5 Å². The molecule has 4 N–H and O–H groups in total. The van der Waals surface area contributed by atoms with Gasteiger partial charge >= 0.3 is 5.97 Å². The number of rotatable bonds is 3. The number of ether oxygens (including phenoxy) is 1. The third-order valence-electron chi connectivity index (χ3n) is 3.31. The quantitative estimate of drug-likeness (QED) is 0.668. The van der Waals surface area contributed by atoms with Gasteiger partial charge in [0.15, 0.2) is 0 Å². The first-order valence-corrected chi connectivity index (χ1v) is 6.09. The van der Waals surface area contributed by atoms with Crippen LogP contribution in [0.25, 0.3) is 0 Å². The predicted octanol–water partition coefficient (Wildman–Crippen LogP) is -0.0626. The Bertz CT molecular complexity index is 546. The number of aliphatic carboxylic acids is 1. The highest BCUT2D eigenvalue weighted by Gasteiger charge is 2.39. The number of carboxylic acids is 1. The second-order valence-electron chi connectivity index (χ2n) is 4.65. The van der Waals surface area contributed by atoms with E-state index in [0.717, 1.165) is 4.90 Å². The topological polar surface area (TPSA) is 113 Å². The van der Waals surface area contributed by atoms with E-state index in [4.69, 9.17) is 15.6 Å². The number of hydrogen-bond acceptors (Lipinski definition) is 5. The molecule has 0 unspecified atom stereocenters. The van der Waals surface area contributed by atoms with Crippen LogP contribution in [0.5, 0.6) is 5.75 Å². The first-order chi connectivity index (χ1) is 9.43. The summed E-state index contributed by atoms with van der Waals surface area (Å²) >= 11 is 0. The molecule has 0 aromatic heterocycles. The average Bonchev–Trinajstić information content (AvgIpc) is 2.80. The number of aliphatic hydroxyl groups excluding tert-OH is 1. The maximum absolute atomic E-state index is 12.4. The Hall–Kier alpha value is -2.28. The highest BCUT2D eigenvalue weighted by atomic mass is 16.5. The summed E-state index contributed by atoms with van der Waals surface area (Å²) in [6.07, 6.45) is -0.809. The minimum atomic E-state index is -1.14. The Balaban J connectivity index is 2.29. The minimum absolute atomic E-state index is 0.0126. The lowest BCUT2D eigenvalue weighted by Crippen LogP contribution is -2.40. The molecular formula is C13H16N2O5. The van der Waals surface area contributed by atoms with Crippen molar-refractivity contribution in [3.63, 3.8) is 0 Å². The summed E-state index contributed by atoms with van der Waals surface area (Å²) in [6.45, 7) is -0.0126. The smallest absolute Gasteiger partial charge is 0.326 e. The Morgan fingerprint density at radius 1 is 1.45 bits per heavy atom. The molecule has 0 spiro atoms. The van der Waals surface area contributed by atoms with Crippen molar-refractivity contribution in [2.75, 3.05) is 19.4 Å². The van der Waals surface area contributed by atoms with Gasteiger partial charge in [-0.1, -0.05) is 0 Å². The van der Waals surface area contributed by atoms with Gasteiger partial charge in [0.1, 0.15) is 11.8 Å². The molecular weight excluding hydrogens is 264 g/mol. The fraction of sp³-hybridized carbons (Fsp3) is 0.385. The van der Waals surface area contributed by atoms with Crippen molar-refractivity contribution in [1.29, 1.82) is 0 Å². The van der Waals surface area contributed by atoms with E-state index in [1.807, 2.05) is 0 Å². The number of aliphatic hydroxyl groups is 1. The largest absolute Gasteiger partial charge is 0.497 e. The van der Waals surface area contributed by atoms with Crippen LogP contribution in [0.3, 0.4) is 0 Å². The van der Waals surface area contributed by atoms with Gasteiger partial charge in [0, 0.05) is 24.7 Å². The summed E-state index contributed by atoms with van der Waals surface area (Å²) < 4.78 is 4.99. The van der Waals surface area contributed by atoms with Crippen molar-refractivity contribution in [1.82, 2.24) is 4.90 Å². The molecule has 2 atom stereocenters. The van der Waals surface area contributed by atoms with Crippen molar-refractivity contribution in [3.05, 3.63) is 23.8 Å². The number of carbonyl (C=O) groups is 2. The number of β-amino-alcohol motifs (C(OH)–C–C–N with tert-alkyl or cyclic N) is 1. The molecule has 1 saturated heterocycles. The first kappa shape index (κ1) is 14.1. The molecule has 108 valence electrons. The van der Waals surface area contributed by atoms with E-state index in [1.54, 1.807) is 6.07 Å². The van der Waals surface area contributed by atoms with Gasteiger partial charge in [-0.05, 0) is 12.1 Å². The van der Waals surface area contributed by atoms with Crippen molar-refractivity contribution in [2.45, 2.75) is 18.6 Å². The van der Waals surface area contributed by atoms with Gasteiger partial charge in [-0.2, -0.15) is 0 Å². The zero-order valence-corrected chi connectivity index (χ0v) is 10.9. The number of nitrogens with two attached hydrogens (primary N) is 1. The number of likely N-dealkylation sites (tertiary alicyclic amines) is 1. The Kier molecular flexibility index (Phi) is 3.80.